The first-order chi connectivity index (χ1) is 10.2. The minimum absolute atomic E-state index is 0.0522. The van der Waals surface area contributed by atoms with Gasteiger partial charge in [-0.2, -0.15) is 0 Å². The zero-order valence-electron chi connectivity index (χ0n) is 12.3. The maximum absolute atomic E-state index is 6.23. The van der Waals surface area contributed by atoms with Crippen molar-refractivity contribution in [1.82, 2.24) is 10.3 Å². The number of nitrogens with one attached hydrogen (secondary N) is 1. The number of aryl methyl sites for hydroxylation is 1. The fraction of sp³-hybridized carbons (Fsp3) is 0.353. The van der Waals surface area contributed by atoms with Crippen LogP contribution in [0.15, 0.2) is 41.1 Å². The van der Waals surface area contributed by atoms with Gasteiger partial charge in [0.25, 0.3) is 0 Å². The first kappa shape index (κ1) is 14.5. The minimum atomic E-state index is 0.0522. The highest BCUT2D eigenvalue weighted by atomic mass is 79.9. The molecule has 1 aromatic carbocycles. The van der Waals surface area contributed by atoms with Crippen molar-refractivity contribution >= 4 is 15.9 Å². The lowest BCUT2D eigenvalue weighted by Gasteiger charge is -2.33. The van der Waals surface area contributed by atoms with Gasteiger partial charge in [0, 0.05) is 40.5 Å². The summed E-state index contributed by atoms with van der Waals surface area (Å²) in [5.74, 6) is 0.962. The summed E-state index contributed by atoms with van der Waals surface area (Å²) in [6.07, 6.45) is 4.72. The largest absolute Gasteiger partial charge is 0.485 e. The van der Waals surface area contributed by atoms with E-state index in [0.717, 1.165) is 23.2 Å². The van der Waals surface area contributed by atoms with Gasteiger partial charge in [0.15, 0.2) is 0 Å². The van der Waals surface area contributed by atoms with E-state index in [0.29, 0.717) is 6.04 Å². The Labute approximate surface area is 133 Å². The van der Waals surface area contributed by atoms with Crippen molar-refractivity contribution in [2.75, 3.05) is 6.54 Å². The van der Waals surface area contributed by atoms with Crippen molar-refractivity contribution in [2.24, 2.45) is 0 Å². The second kappa shape index (κ2) is 6.16. The van der Waals surface area contributed by atoms with Gasteiger partial charge >= 0.3 is 0 Å². The highest BCUT2D eigenvalue weighted by molar-refractivity contribution is 9.10. The second-order valence-corrected chi connectivity index (χ2v) is 6.28. The minimum Gasteiger partial charge on any atom is -0.485 e. The molecule has 0 amide bonds. The number of rotatable bonds is 3. The molecular weight excluding hydrogens is 328 g/mol. The molecule has 0 aliphatic carbocycles. The predicted octanol–water partition coefficient (Wildman–Crippen LogP) is 4.33. The average Bonchev–Trinajstić information content (AvgIpc) is 2.48. The molecule has 0 bridgehead atoms. The van der Waals surface area contributed by atoms with Gasteiger partial charge in [0.05, 0.1) is 0 Å². The van der Waals surface area contributed by atoms with E-state index < -0.39 is 0 Å². The number of ether oxygens (including phenoxy) is 1. The van der Waals surface area contributed by atoms with Gasteiger partial charge in [-0.1, -0.05) is 22.9 Å². The van der Waals surface area contributed by atoms with E-state index in [2.05, 4.69) is 46.1 Å². The summed E-state index contributed by atoms with van der Waals surface area (Å²) in [4.78, 5) is 4.25. The molecule has 1 aromatic heterocycles. The van der Waals surface area contributed by atoms with Crippen LogP contribution in [-0.2, 0) is 0 Å². The SMILES string of the molecule is CCNC1CC(c2cnccc2C)Oc2ccc(Br)cc21. The molecule has 0 radical (unpaired) electrons. The van der Waals surface area contributed by atoms with Crippen molar-refractivity contribution in [3.63, 3.8) is 0 Å². The number of nitrogens with zero attached hydrogens (tertiary/aromatic N) is 1. The van der Waals surface area contributed by atoms with E-state index in [9.17, 15) is 0 Å². The molecule has 0 spiro atoms. The van der Waals surface area contributed by atoms with Crippen LogP contribution in [0.25, 0.3) is 0 Å². The molecule has 110 valence electrons. The Hall–Kier alpha value is -1.39. The molecule has 3 nitrogen and oxygen atoms in total. The maximum Gasteiger partial charge on any atom is 0.127 e. The van der Waals surface area contributed by atoms with Crippen LogP contribution in [0, 0.1) is 6.92 Å². The molecule has 2 unspecified atom stereocenters. The lowest BCUT2D eigenvalue weighted by Crippen LogP contribution is -2.29. The molecule has 2 heterocycles. The van der Waals surface area contributed by atoms with Gasteiger partial charge in [-0.15, -0.1) is 0 Å². The zero-order valence-corrected chi connectivity index (χ0v) is 13.9. The summed E-state index contributed by atoms with van der Waals surface area (Å²) in [5.41, 5.74) is 3.63. The summed E-state index contributed by atoms with van der Waals surface area (Å²) >= 11 is 3.55. The number of aromatic nitrogens is 1. The van der Waals surface area contributed by atoms with Crippen LogP contribution < -0.4 is 10.1 Å². The first-order valence-electron chi connectivity index (χ1n) is 7.29. The topological polar surface area (TPSA) is 34.2 Å². The average molecular weight is 347 g/mol. The van der Waals surface area contributed by atoms with Crippen molar-refractivity contribution in [3.05, 3.63) is 57.8 Å². The lowest BCUT2D eigenvalue weighted by molar-refractivity contribution is 0.151. The Kier molecular flexibility index (Phi) is 4.27. The molecule has 1 N–H and O–H groups in total. The Morgan fingerprint density at radius 2 is 2.19 bits per heavy atom. The van der Waals surface area contributed by atoms with E-state index in [1.807, 2.05) is 30.6 Å². The molecule has 2 atom stereocenters. The summed E-state index contributed by atoms with van der Waals surface area (Å²) in [6, 6.07) is 8.57. The zero-order chi connectivity index (χ0) is 14.8. The van der Waals surface area contributed by atoms with E-state index in [4.69, 9.17) is 4.74 Å². The van der Waals surface area contributed by atoms with Crippen LogP contribution in [0.4, 0.5) is 0 Å². The number of fused-ring (bicyclic) bond motifs is 1. The van der Waals surface area contributed by atoms with E-state index >= 15 is 0 Å². The second-order valence-electron chi connectivity index (χ2n) is 5.37. The van der Waals surface area contributed by atoms with Gasteiger partial charge in [0.1, 0.15) is 11.9 Å². The summed E-state index contributed by atoms with van der Waals surface area (Å²) in [6.45, 7) is 5.19. The fourth-order valence-electron chi connectivity index (χ4n) is 2.88. The van der Waals surface area contributed by atoms with Crippen LogP contribution >= 0.6 is 15.9 Å². The molecular formula is C17H19BrN2O. The maximum atomic E-state index is 6.23. The normalized spacial score (nSPS) is 20.7. The third-order valence-corrected chi connectivity index (χ3v) is 4.44. The molecule has 1 aliphatic rings. The Bertz CT molecular complexity index is 644. The van der Waals surface area contributed by atoms with Crippen LogP contribution in [0.2, 0.25) is 0 Å². The lowest BCUT2D eigenvalue weighted by atomic mass is 9.92. The standard InChI is InChI=1S/C17H19BrN2O/c1-3-20-15-9-17(14-10-19-7-6-11(14)2)21-16-5-4-12(18)8-13(15)16/h4-8,10,15,17,20H,3,9H2,1-2H3. The number of hydrogen-bond acceptors (Lipinski definition) is 3. The summed E-state index contributed by atoms with van der Waals surface area (Å²) in [7, 11) is 0. The van der Waals surface area contributed by atoms with Crippen LogP contribution in [0.1, 0.15) is 42.2 Å². The molecule has 1 aliphatic heterocycles. The Morgan fingerprint density at radius 3 is 2.95 bits per heavy atom. The fourth-order valence-corrected chi connectivity index (χ4v) is 3.26. The molecule has 2 aromatic rings. The van der Waals surface area contributed by atoms with Gasteiger partial charge in [-0.3, -0.25) is 4.98 Å². The summed E-state index contributed by atoms with van der Waals surface area (Å²) < 4.78 is 7.32. The van der Waals surface area contributed by atoms with E-state index in [1.165, 1.54) is 16.7 Å². The number of hydrogen-bond donors (Lipinski definition) is 1. The van der Waals surface area contributed by atoms with Crippen molar-refractivity contribution in [2.45, 2.75) is 32.4 Å². The van der Waals surface area contributed by atoms with Crippen LogP contribution in [0.3, 0.4) is 0 Å². The van der Waals surface area contributed by atoms with Crippen LogP contribution in [0.5, 0.6) is 5.75 Å². The monoisotopic (exact) mass is 346 g/mol. The quantitative estimate of drug-likeness (QED) is 0.898. The molecule has 21 heavy (non-hydrogen) atoms. The number of benzene rings is 1. The molecule has 0 saturated heterocycles. The molecule has 3 rings (SSSR count). The highest BCUT2D eigenvalue weighted by Gasteiger charge is 2.29. The summed E-state index contributed by atoms with van der Waals surface area (Å²) in [5, 5.41) is 3.57. The van der Waals surface area contributed by atoms with Gasteiger partial charge < -0.3 is 10.1 Å². The third kappa shape index (κ3) is 2.97. The first-order valence-corrected chi connectivity index (χ1v) is 8.08. The highest BCUT2D eigenvalue weighted by Crippen LogP contribution is 2.42. The Balaban J connectivity index is 1.98. The van der Waals surface area contributed by atoms with Gasteiger partial charge in [0.2, 0.25) is 0 Å². The van der Waals surface area contributed by atoms with Crippen molar-refractivity contribution < 1.29 is 4.74 Å². The molecule has 0 saturated carbocycles. The number of halogens is 1. The molecule has 4 heteroatoms. The smallest absolute Gasteiger partial charge is 0.127 e. The molecule has 0 fully saturated rings. The van der Waals surface area contributed by atoms with E-state index in [1.54, 1.807) is 0 Å². The number of pyridine rings is 1. The van der Waals surface area contributed by atoms with Gasteiger partial charge in [-0.05, 0) is 43.3 Å². The Morgan fingerprint density at radius 1 is 1.33 bits per heavy atom. The van der Waals surface area contributed by atoms with E-state index in [-0.39, 0.29) is 6.10 Å². The van der Waals surface area contributed by atoms with Crippen LogP contribution in [-0.4, -0.2) is 11.5 Å². The van der Waals surface area contributed by atoms with Crippen molar-refractivity contribution in [1.29, 1.82) is 0 Å². The van der Waals surface area contributed by atoms with Gasteiger partial charge in [-0.25, -0.2) is 0 Å². The third-order valence-electron chi connectivity index (χ3n) is 3.94. The predicted molar refractivity (Wildman–Crippen MR) is 87.5 cm³/mol. The van der Waals surface area contributed by atoms with Crippen molar-refractivity contribution in [3.8, 4) is 5.75 Å².